The highest BCUT2D eigenvalue weighted by Crippen LogP contribution is 2.24. The normalized spacial score (nSPS) is 16.5. The largest absolute Gasteiger partial charge is 0.376 e. The molecule has 30 heavy (non-hydrogen) atoms. The van der Waals surface area contributed by atoms with Crippen molar-refractivity contribution in [1.29, 1.82) is 0 Å². The van der Waals surface area contributed by atoms with E-state index in [0.717, 1.165) is 36.4 Å². The number of ether oxygens (including phenoxy) is 1. The Balaban J connectivity index is 1.72. The fraction of sp³-hybridized carbons (Fsp3) is 0.455. The molecule has 0 saturated carbocycles. The Hall–Kier alpha value is -3.00. The first kappa shape index (κ1) is 20.3. The molecule has 0 aliphatic carbocycles. The highest BCUT2D eigenvalue weighted by Gasteiger charge is 2.21. The van der Waals surface area contributed by atoms with Crippen molar-refractivity contribution in [3.05, 3.63) is 52.1 Å². The topological polar surface area (TPSA) is 91.0 Å². The number of benzene rings is 1. The number of carbonyl (C=O) groups is 1. The average molecular weight is 409 g/mol. The van der Waals surface area contributed by atoms with Gasteiger partial charge in [-0.1, -0.05) is 32.0 Å². The summed E-state index contributed by atoms with van der Waals surface area (Å²) in [6, 6.07) is 7.76. The average Bonchev–Trinajstić information content (AvgIpc) is 3.39. The van der Waals surface area contributed by atoms with Crippen LogP contribution in [0.4, 0.5) is 0 Å². The molecule has 1 fully saturated rings. The van der Waals surface area contributed by atoms with E-state index in [0.29, 0.717) is 17.4 Å². The van der Waals surface area contributed by atoms with Crippen LogP contribution in [0.5, 0.6) is 0 Å². The van der Waals surface area contributed by atoms with Gasteiger partial charge in [-0.15, -0.1) is 0 Å². The number of fused-ring (bicyclic) bond motifs is 1. The Morgan fingerprint density at radius 1 is 1.33 bits per heavy atom. The zero-order valence-electron chi connectivity index (χ0n) is 17.6. The third kappa shape index (κ3) is 3.87. The highest BCUT2D eigenvalue weighted by molar-refractivity contribution is 5.83. The van der Waals surface area contributed by atoms with E-state index in [1.807, 2.05) is 45.0 Å². The van der Waals surface area contributed by atoms with Crippen molar-refractivity contribution in [3.63, 3.8) is 0 Å². The van der Waals surface area contributed by atoms with Gasteiger partial charge >= 0.3 is 0 Å². The first-order valence-corrected chi connectivity index (χ1v) is 10.4. The SMILES string of the molecule is Cc1ccccc1-n1ncc2c(C(C)C)nn(CC(=O)NCC3CCCO3)c(=O)c21. The minimum Gasteiger partial charge on any atom is -0.376 e. The van der Waals surface area contributed by atoms with Crippen LogP contribution in [0.3, 0.4) is 0 Å². The van der Waals surface area contributed by atoms with Crippen molar-refractivity contribution in [1.82, 2.24) is 24.9 Å². The molecule has 8 heteroatoms. The molecule has 1 aliphatic rings. The second-order valence-corrected chi connectivity index (χ2v) is 8.05. The first-order chi connectivity index (χ1) is 14.5. The standard InChI is InChI=1S/C22H27N5O3/c1-14(2)20-17-12-24-27(18-9-5-4-7-15(18)3)21(17)22(29)26(25-20)13-19(28)23-11-16-8-6-10-30-16/h4-5,7,9,12,14,16H,6,8,10-11,13H2,1-3H3,(H,23,28). The zero-order chi connectivity index (χ0) is 21.3. The molecule has 1 aromatic carbocycles. The summed E-state index contributed by atoms with van der Waals surface area (Å²) in [6.45, 7) is 7.05. The molecule has 4 rings (SSSR count). The summed E-state index contributed by atoms with van der Waals surface area (Å²) in [7, 11) is 0. The summed E-state index contributed by atoms with van der Waals surface area (Å²) in [5, 5.41) is 12.6. The third-order valence-electron chi connectivity index (χ3n) is 5.45. The molecule has 3 aromatic rings. The molecule has 0 radical (unpaired) electrons. The maximum Gasteiger partial charge on any atom is 0.293 e. The molecule has 0 spiro atoms. The summed E-state index contributed by atoms with van der Waals surface area (Å²) in [5.41, 5.74) is 2.69. The molecule has 1 amide bonds. The van der Waals surface area contributed by atoms with E-state index in [1.165, 1.54) is 4.68 Å². The van der Waals surface area contributed by atoms with Crippen molar-refractivity contribution in [2.75, 3.05) is 13.2 Å². The maximum absolute atomic E-state index is 13.3. The number of hydrogen-bond acceptors (Lipinski definition) is 5. The van der Waals surface area contributed by atoms with E-state index in [-0.39, 0.29) is 30.0 Å². The van der Waals surface area contributed by atoms with Gasteiger partial charge in [-0.05, 0) is 37.3 Å². The minimum absolute atomic E-state index is 0.0508. The van der Waals surface area contributed by atoms with Crippen molar-refractivity contribution in [2.24, 2.45) is 0 Å². The van der Waals surface area contributed by atoms with Gasteiger partial charge in [0.05, 0.1) is 23.7 Å². The van der Waals surface area contributed by atoms with E-state index in [1.54, 1.807) is 10.9 Å². The molecule has 1 N–H and O–H groups in total. The predicted octanol–water partition coefficient (Wildman–Crippen LogP) is 2.31. The Morgan fingerprint density at radius 3 is 2.83 bits per heavy atom. The lowest BCUT2D eigenvalue weighted by Crippen LogP contribution is -2.38. The van der Waals surface area contributed by atoms with Crippen LogP contribution in [0.1, 0.15) is 43.9 Å². The summed E-state index contributed by atoms with van der Waals surface area (Å²) in [5.74, 6) is -0.181. The number of aromatic nitrogens is 4. The molecule has 1 unspecified atom stereocenters. The summed E-state index contributed by atoms with van der Waals surface area (Å²) < 4.78 is 8.44. The molecule has 3 heterocycles. The lowest BCUT2D eigenvalue weighted by molar-refractivity contribution is -0.122. The Kier molecular flexibility index (Phi) is 5.67. The van der Waals surface area contributed by atoms with Gasteiger partial charge in [0.2, 0.25) is 5.91 Å². The molecule has 1 atom stereocenters. The van der Waals surface area contributed by atoms with Crippen molar-refractivity contribution in [2.45, 2.75) is 52.2 Å². The Bertz CT molecular complexity index is 1130. The fourth-order valence-electron chi connectivity index (χ4n) is 3.84. The summed E-state index contributed by atoms with van der Waals surface area (Å²) in [6.07, 6.45) is 3.69. The van der Waals surface area contributed by atoms with E-state index >= 15 is 0 Å². The van der Waals surface area contributed by atoms with Gasteiger partial charge in [-0.3, -0.25) is 9.59 Å². The molecular weight excluding hydrogens is 382 g/mol. The molecular formula is C22H27N5O3. The van der Waals surface area contributed by atoms with E-state index < -0.39 is 0 Å². The van der Waals surface area contributed by atoms with Crippen molar-refractivity contribution < 1.29 is 9.53 Å². The number of amides is 1. The second-order valence-electron chi connectivity index (χ2n) is 8.05. The predicted molar refractivity (Wildman–Crippen MR) is 114 cm³/mol. The number of hydrogen-bond donors (Lipinski definition) is 1. The number of nitrogens with one attached hydrogen (secondary N) is 1. The second kappa shape index (κ2) is 8.39. The van der Waals surface area contributed by atoms with Crippen LogP contribution >= 0.6 is 0 Å². The van der Waals surface area contributed by atoms with Crippen LogP contribution < -0.4 is 10.9 Å². The van der Waals surface area contributed by atoms with E-state index in [9.17, 15) is 9.59 Å². The van der Waals surface area contributed by atoms with Gasteiger partial charge in [-0.25, -0.2) is 9.36 Å². The number of rotatable bonds is 6. The summed E-state index contributed by atoms with van der Waals surface area (Å²) >= 11 is 0. The van der Waals surface area contributed by atoms with Crippen LogP contribution in [0.2, 0.25) is 0 Å². The molecule has 8 nitrogen and oxygen atoms in total. The molecule has 1 aliphatic heterocycles. The number of carbonyl (C=O) groups excluding carboxylic acids is 1. The van der Waals surface area contributed by atoms with Gasteiger partial charge in [0.25, 0.3) is 5.56 Å². The highest BCUT2D eigenvalue weighted by atomic mass is 16.5. The molecule has 2 aromatic heterocycles. The number of aryl methyl sites for hydroxylation is 1. The maximum atomic E-state index is 13.3. The van der Waals surface area contributed by atoms with Crippen molar-refractivity contribution >= 4 is 16.8 Å². The van der Waals surface area contributed by atoms with Gasteiger partial charge in [0, 0.05) is 18.5 Å². The fourth-order valence-corrected chi connectivity index (χ4v) is 3.84. The first-order valence-electron chi connectivity index (χ1n) is 10.4. The van der Waals surface area contributed by atoms with Crippen LogP contribution in [0.25, 0.3) is 16.6 Å². The van der Waals surface area contributed by atoms with Crippen LogP contribution in [0.15, 0.2) is 35.3 Å². The lowest BCUT2D eigenvalue weighted by Gasteiger charge is -2.14. The molecule has 158 valence electrons. The monoisotopic (exact) mass is 409 g/mol. The quantitative estimate of drug-likeness (QED) is 0.675. The van der Waals surface area contributed by atoms with Gasteiger partial charge in [0.15, 0.2) is 0 Å². The molecule has 1 saturated heterocycles. The van der Waals surface area contributed by atoms with Gasteiger partial charge < -0.3 is 10.1 Å². The Morgan fingerprint density at radius 2 is 2.13 bits per heavy atom. The zero-order valence-corrected chi connectivity index (χ0v) is 17.6. The Labute approximate surface area is 174 Å². The van der Waals surface area contributed by atoms with Gasteiger partial charge in [0.1, 0.15) is 12.1 Å². The van der Waals surface area contributed by atoms with Gasteiger partial charge in [-0.2, -0.15) is 10.2 Å². The lowest BCUT2D eigenvalue weighted by atomic mass is 10.1. The summed E-state index contributed by atoms with van der Waals surface area (Å²) in [4.78, 5) is 25.8. The van der Waals surface area contributed by atoms with Crippen LogP contribution in [-0.4, -0.2) is 44.7 Å². The van der Waals surface area contributed by atoms with Crippen LogP contribution in [0, 0.1) is 6.92 Å². The van der Waals surface area contributed by atoms with E-state index in [4.69, 9.17) is 4.74 Å². The van der Waals surface area contributed by atoms with Crippen molar-refractivity contribution in [3.8, 4) is 5.69 Å². The number of para-hydroxylation sites is 1. The third-order valence-corrected chi connectivity index (χ3v) is 5.45. The molecule has 0 bridgehead atoms. The number of nitrogens with zero attached hydrogens (tertiary/aromatic N) is 4. The van der Waals surface area contributed by atoms with E-state index in [2.05, 4.69) is 15.5 Å². The van der Waals surface area contributed by atoms with Crippen LogP contribution in [-0.2, 0) is 16.1 Å². The minimum atomic E-state index is -0.331. The smallest absolute Gasteiger partial charge is 0.293 e.